The Bertz CT molecular complexity index is 357. The van der Waals surface area contributed by atoms with Crippen LogP contribution in [0.2, 0.25) is 0 Å². The van der Waals surface area contributed by atoms with Crippen molar-refractivity contribution in [3.05, 3.63) is 35.4 Å². The smallest absolute Gasteiger partial charge is 0.0622 e. The van der Waals surface area contributed by atoms with E-state index in [1.165, 1.54) is 11.1 Å². The zero-order chi connectivity index (χ0) is 13.0. The van der Waals surface area contributed by atoms with Crippen molar-refractivity contribution in [3.8, 4) is 0 Å². The maximum Gasteiger partial charge on any atom is 0.0622 e. The zero-order valence-electron chi connectivity index (χ0n) is 11.6. The summed E-state index contributed by atoms with van der Waals surface area (Å²) in [4.78, 5) is 2.41. The molecule has 18 heavy (non-hydrogen) atoms. The van der Waals surface area contributed by atoms with Crippen LogP contribution in [-0.2, 0) is 4.74 Å². The fourth-order valence-corrected chi connectivity index (χ4v) is 2.47. The van der Waals surface area contributed by atoms with Gasteiger partial charge in [0.2, 0.25) is 0 Å². The third-order valence-electron chi connectivity index (χ3n) is 3.83. The van der Waals surface area contributed by atoms with Gasteiger partial charge in [0.15, 0.2) is 0 Å². The normalized spacial score (nSPS) is 21.4. The highest BCUT2D eigenvalue weighted by molar-refractivity contribution is 5.24. The first-order valence-corrected chi connectivity index (χ1v) is 6.72. The van der Waals surface area contributed by atoms with Gasteiger partial charge in [0, 0.05) is 25.2 Å². The van der Waals surface area contributed by atoms with Crippen molar-refractivity contribution >= 4 is 0 Å². The molecular formula is C15H24N2O. The van der Waals surface area contributed by atoms with Crippen LogP contribution < -0.4 is 5.32 Å². The number of aryl methyl sites for hydroxylation is 1. The molecule has 2 atom stereocenters. The average Bonchev–Trinajstić information content (AvgIpc) is 2.91. The summed E-state index contributed by atoms with van der Waals surface area (Å²) in [5.74, 6) is 0. The molecule has 0 radical (unpaired) electrons. The molecule has 1 heterocycles. The van der Waals surface area contributed by atoms with E-state index in [0.717, 1.165) is 26.2 Å². The second-order valence-electron chi connectivity index (χ2n) is 5.21. The summed E-state index contributed by atoms with van der Waals surface area (Å²) in [5.41, 5.74) is 2.67. The van der Waals surface area contributed by atoms with Crippen LogP contribution in [0.3, 0.4) is 0 Å². The van der Waals surface area contributed by atoms with E-state index in [2.05, 4.69) is 48.5 Å². The van der Waals surface area contributed by atoms with Gasteiger partial charge in [-0.05, 0) is 33.0 Å². The lowest BCUT2D eigenvalue weighted by Crippen LogP contribution is -2.38. The van der Waals surface area contributed by atoms with Crippen LogP contribution in [-0.4, -0.2) is 44.8 Å². The number of likely N-dealkylation sites (N-methyl/N-ethyl adjacent to an activating group) is 2. The van der Waals surface area contributed by atoms with Crippen molar-refractivity contribution in [2.75, 3.05) is 33.9 Å². The van der Waals surface area contributed by atoms with Crippen LogP contribution in [0, 0.1) is 6.92 Å². The molecule has 100 valence electrons. The quantitative estimate of drug-likeness (QED) is 0.862. The molecule has 1 aromatic carbocycles. The minimum Gasteiger partial charge on any atom is -0.380 e. The Hall–Kier alpha value is -0.900. The van der Waals surface area contributed by atoms with Crippen LogP contribution in [0.25, 0.3) is 0 Å². The predicted molar refractivity (Wildman–Crippen MR) is 74.8 cm³/mol. The predicted octanol–water partition coefficient (Wildman–Crippen LogP) is 1.98. The summed E-state index contributed by atoms with van der Waals surface area (Å²) in [6.07, 6.45) is 1.15. The number of nitrogens with zero attached hydrogens (tertiary/aromatic N) is 1. The summed E-state index contributed by atoms with van der Waals surface area (Å²) in [5, 5.41) is 3.41. The molecular weight excluding hydrogens is 224 g/mol. The van der Waals surface area contributed by atoms with Crippen molar-refractivity contribution in [1.82, 2.24) is 10.2 Å². The van der Waals surface area contributed by atoms with Gasteiger partial charge in [-0.25, -0.2) is 0 Å². The molecule has 0 saturated carbocycles. The van der Waals surface area contributed by atoms with Crippen molar-refractivity contribution in [1.29, 1.82) is 0 Å². The minimum absolute atomic E-state index is 0.385. The molecule has 1 fully saturated rings. The number of ether oxygens (including phenoxy) is 1. The Morgan fingerprint density at radius 3 is 2.67 bits per heavy atom. The maximum atomic E-state index is 5.45. The highest BCUT2D eigenvalue weighted by atomic mass is 16.5. The van der Waals surface area contributed by atoms with Gasteiger partial charge in [-0.3, -0.25) is 4.90 Å². The van der Waals surface area contributed by atoms with Crippen molar-refractivity contribution in [2.45, 2.75) is 25.4 Å². The van der Waals surface area contributed by atoms with Gasteiger partial charge < -0.3 is 10.1 Å². The molecule has 0 aliphatic carbocycles. The Kier molecular flexibility index (Phi) is 4.75. The molecule has 1 saturated heterocycles. The first-order valence-electron chi connectivity index (χ1n) is 6.72. The van der Waals surface area contributed by atoms with Crippen molar-refractivity contribution < 1.29 is 4.74 Å². The Morgan fingerprint density at radius 2 is 2.11 bits per heavy atom. The lowest BCUT2D eigenvalue weighted by molar-refractivity contribution is 0.153. The second-order valence-corrected chi connectivity index (χ2v) is 5.21. The molecule has 1 aromatic rings. The summed E-state index contributed by atoms with van der Waals surface area (Å²) >= 11 is 0. The number of hydrogen-bond donors (Lipinski definition) is 1. The van der Waals surface area contributed by atoms with Gasteiger partial charge in [0.25, 0.3) is 0 Å². The topological polar surface area (TPSA) is 24.5 Å². The zero-order valence-corrected chi connectivity index (χ0v) is 11.6. The summed E-state index contributed by atoms with van der Waals surface area (Å²) in [7, 11) is 4.22. The van der Waals surface area contributed by atoms with Gasteiger partial charge >= 0.3 is 0 Å². The van der Waals surface area contributed by atoms with Gasteiger partial charge in [0.05, 0.1) is 6.61 Å². The van der Waals surface area contributed by atoms with E-state index >= 15 is 0 Å². The molecule has 2 unspecified atom stereocenters. The van der Waals surface area contributed by atoms with E-state index in [1.54, 1.807) is 0 Å². The highest BCUT2D eigenvalue weighted by Gasteiger charge is 2.22. The van der Waals surface area contributed by atoms with Crippen LogP contribution in [0.4, 0.5) is 0 Å². The molecule has 1 N–H and O–H groups in total. The van der Waals surface area contributed by atoms with Crippen LogP contribution >= 0.6 is 0 Å². The lowest BCUT2D eigenvalue weighted by Gasteiger charge is -2.28. The first kappa shape index (κ1) is 13.5. The standard InChI is InChI=1S/C15H24N2O/c1-12-4-6-13(7-5-12)15(16-2)10-17(3)14-8-9-18-11-14/h4-7,14-16H,8-11H2,1-3H3. The van der Waals surface area contributed by atoms with Gasteiger partial charge in [0.1, 0.15) is 0 Å². The van der Waals surface area contributed by atoms with Gasteiger partial charge in [-0.2, -0.15) is 0 Å². The number of benzene rings is 1. The molecule has 0 aromatic heterocycles. The van der Waals surface area contributed by atoms with Crippen LogP contribution in [0.5, 0.6) is 0 Å². The fraction of sp³-hybridized carbons (Fsp3) is 0.600. The number of hydrogen-bond acceptors (Lipinski definition) is 3. The van der Waals surface area contributed by atoms with E-state index < -0.39 is 0 Å². The molecule has 3 heteroatoms. The Labute approximate surface area is 110 Å². The third-order valence-corrected chi connectivity index (χ3v) is 3.83. The lowest BCUT2D eigenvalue weighted by atomic mass is 10.0. The molecule has 0 spiro atoms. The monoisotopic (exact) mass is 248 g/mol. The fourth-order valence-electron chi connectivity index (χ4n) is 2.47. The second kappa shape index (κ2) is 6.32. The van der Waals surface area contributed by atoms with E-state index in [-0.39, 0.29) is 0 Å². The summed E-state index contributed by atoms with van der Waals surface area (Å²) < 4.78 is 5.45. The third kappa shape index (κ3) is 3.31. The molecule has 3 nitrogen and oxygen atoms in total. The number of nitrogens with one attached hydrogen (secondary N) is 1. The summed E-state index contributed by atoms with van der Waals surface area (Å²) in [6, 6.07) is 9.75. The van der Waals surface area contributed by atoms with Crippen LogP contribution in [0.15, 0.2) is 24.3 Å². The van der Waals surface area contributed by atoms with E-state index in [0.29, 0.717) is 12.1 Å². The maximum absolute atomic E-state index is 5.45. The van der Waals surface area contributed by atoms with E-state index in [9.17, 15) is 0 Å². The van der Waals surface area contributed by atoms with Crippen molar-refractivity contribution in [2.24, 2.45) is 0 Å². The first-order chi connectivity index (χ1) is 8.70. The SMILES string of the molecule is CNC(CN(C)C1CCOC1)c1ccc(C)cc1. The van der Waals surface area contributed by atoms with Gasteiger partial charge in [-0.15, -0.1) is 0 Å². The van der Waals surface area contributed by atoms with Gasteiger partial charge in [-0.1, -0.05) is 29.8 Å². The van der Waals surface area contributed by atoms with E-state index in [4.69, 9.17) is 4.74 Å². The molecule has 0 amide bonds. The Morgan fingerprint density at radius 1 is 1.39 bits per heavy atom. The molecule has 1 aliphatic heterocycles. The molecule has 1 aliphatic rings. The molecule has 2 rings (SSSR count). The minimum atomic E-state index is 0.385. The largest absolute Gasteiger partial charge is 0.380 e. The van der Waals surface area contributed by atoms with Crippen LogP contribution in [0.1, 0.15) is 23.6 Å². The average molecular weight is 248 g/mol. The molecule has 0 bridgehead atoms. The Balaban J connectivity index is 1.97. The van der Waals surface area contributed by atoms with Crippen molar-refractivity contribution in [3.63, 3.8) is 0 Å². The number of rotatable bonds is 5. The van der Waals surface area contributed by atoms with E-state index in [1.807, 2.05) is 7.05 Å². The summed E-state index contributed by atoms with van der Waals surface area (Å²) in [6.45, 7) is 4.93. The highest BCUT2D eigenvalue weighted by Crippen LogP contribution is 2.18.